The standard InChI is InChI=1S/C21H34O3/c1-4-21(24)10-8-16-14-6-5-13-11-17(22)18(23)12-19(13,2)15(14)7-9-20(16,21)3/h13-17,22,24H,4-12H2,1-3H3/t13-,14+,15-,16-,17-,19-,20-,21+/m0/s1. The molecule has 3 heteroatoms. The predicted octanol–water partition coefficient (Wildman–Crippen LogP) is 3.71. The van der Waals surface area contributed by atoms with Gasteiger partial charge in [-0.25, -0.2) is 0 Å². The molecule has 0 aromatic heterocycles. The number of Topliss-reactive ketones (excluding diaryl/α,β-unsaturated/α-hetero) is 1. The lowest BCUT2D eigenvalue weighted by molar-refractivity contribution is -0.167. The highest BCUT2D eigenvalue weighted by Crippen LogP contribution is 2.68. The Bertz CT molecular complexity index is 545. The third kappa shape index (κ3) is 2.00. The van der Waals surface area contributed by atoms with E-state index in [4.69, 9.17) is 0 Å². The van der Waals surface area contributed by atoms with Gasteiger partial charge in [0, 0.05) is 6.42 Å². The summed E-state index contributed by atoms with van der Waals surface area (Å²) < 4.78 is 0. The zero-order chi connectivity index (χ0) is 17.3. The monoisotopic (exact) mass is 334 g/mol. The number of hydrogen-bond acceptors (Lipinski definition) is 3. The van der Waals surface area contributed by atoms with E-state index in [1.165, 1.54) is 6.42 Å². The molecule has 4 aliphatic rings. The maximum absolute atomic E-state index is 12.3. The molecule has 0 aromatic carbocycles. The summed E-state index contributed by atoms with van der Waals surface area (Å²) in [7, 11) is 0. The topological polar surface area (TPSA) is 57.5 Å². The number of carbonyl (C=O) groups excluding carboxylic acids is 1. The largest absolute Gasteiger partial charge is 0.389 e. The van der Waals surface area contributed by atoms with E-state index < -0.39 is 11.7 Å². The van der Waals surface area contributed by atoms with Crippen LogP contribution in [0.4, 0.5) is 0 Å². The second-order valence-electron chi connectivity index (χ2n) is 9.93. The molecule has 2 N–H and O–H groups in total. The van der Waals surface area contributed by atoms with Crippen LogP contribution in [0.15, 0.2) is 0 Å². The van der Waals surface area contributed by atoms with Crippen molar-refractivity contribution in [2.75, 3.05) is 0 Å². The maximum Gasteiger partial charge on any atom is 0.161 e. The molecule has 0 amide bonds. The Morgan fingerprint density at radius 3 is 2.50 bits per heavy atom. The minimum Gasteiger partial charge on any atom is -0.389 e. The van der Waals surface area contributed by atoms with Crippen molar-refractivity contribution in [1.82, 2.24) is 0 Å². The molecular weight excluding hydrogens is 300 g/mol. The molecule has 3 nitrogen and oxygen atoms in total. The van der Waals surface area contributed by atoms with Crippen molar-refractivity contribution in [3.05, 3.63) is 0 Å². The van der Waals surface area contributed by atoms with Gasteiger partial charge < -0.3 is 10.2 Å². The lowest BCUT2D eigenvalue weighted by Crippen LogP contribution is -2.57. The van der Waals surface area contributed by atoms with Gasteiger partial charge in [-0.2, -0.15) is 0 Å². The molecule has 0 spiro atoms. The van der Waals surface area contributed by atoms with E-state index in [1.807, 2.05) is 0 Å². The van der Waals surface area contributed by atoms with Crippen LogP contribution >= 0.6 is 0 Å². The summed E-state index contributed by atoms with van der Waals surface area (Å²) in [6.45, 7) is 6.82. The van der Waals surface area contributed by atoms with Gasteiger partial charge >= 0.3 is 0 Å². The Kier molecular flexibility index (Phi) is 3.76. The Hall–Kier alpha value is -0.410. The van der Waals surface area contributed by atoms with Crippen LogP contribution in [0.25, 0.3) is 0 Å². The van der Waals surface area contributed by atoms with Crippen molar-refractivity contribution in [3.63, 3.8) is 0 Å². The van der Waals surface area contributed by atoms with E-state index in [2.05, 4.69) is 20.8 Å². The van der Waals surface area contributed by atoms with E-state index >= 15 is 0 Å². The third-order valence-corrected chi connectivity index (χ3v) is 9.41. The predicted molar refractivity (Wildman–Crippen MR) is 93.4 cm³/mol. The van der Waals surface area contributed by atoms with Crippen molar-refractivity contribution in [2.24, 2.45) is 34.5 Å². The summed E-state index contributed by atoms with van der Waals surface area (Å²) in [6.07, 6.45) is 8.13. The van der Waals surface area contributed by atoms with Crippen LogP contribution in [0.5, 0.6) is 0 Å². The van der Waals surface area contributed by atoms with Crippen LogP contribution < -0.4 is 0 Å². The minimum atomic E-state index is -0.717. The van der Waals surface area contributed by atoms with Gasteiger partial charge in [-0.15, -0.1) is 0 Å². The number of carbonyl (C=O) groups is 1. The molecule has 0 bridgehead atoms. The number of fused-ring (bicyclic) bond motifs is 5. The lowest BCUT2D eigenvalue weighted by Gasteiger charge is -2.61. The van der Waals surface area contributed by atoms with E-state index in [9.17, 15) is 15.0 Å². The highest BCUT2D eigenvalue weighted by Gasteiger charge is 2.64. The molecule has 136 valence electrons. The van der Waals surface area contributed by atoms with Gasteiger partial charge in [-0.1, -0.05) is 20.8 Å². The summed E-state index contributed by atoms with van der Waals surface area (Å²) >= 11 is 0. The zero-order valence-electron chi connectivity index (χ0n) is 15.6. The smallest absolute Gasteiger partial charge is 0.161 e. The molecule has 4 aliphatic carbocycles. The average molecular weight is 335 g/mol. The second-order valence-corrected chi connectivity index (χ2v) is 9.93. The van der Waals surface area contributed by atoms with Gasteiger partial charge in [0.1, 0.15) is 6.10 Å². The van der Waals surface area contributed by atoms with Gasteiger partial charge in [0.15, 0.2) is 5.78 Å². The maximum atomic E-state index is 12.3. The molecule has 8 atom stereocenters. The molecule has 0 aromatic rings. The van der Waals surface area contributed by atoms with Crippen molar-refractivity contribution in [1.29, 1.82) is 0 Å². The first-order chi connectivity index (χ1) is 11.2. The quantitative estimate of drug-likeness (QED) is 0.768. The molecular formula is C21H34O3. The Balaban J connectivity index is 1.65. The van der Waals surface area contributed by atoms with Crippen LogP contribution in [0.2, 0.25) is 0 Å². The molecule has 0 aliphatic heterocycles. The number of aliphatic hydroxyl groups excluding tert-OH is 1. The first kappa shape index (κ1) is 17.0. The SMILES string of the molecule is CC[C@@]1(O)CC[C@H]2[C@@H]3CC[C@H]4C[C@H](O)C(=O)C[C@]4(C)[C@H]3CC[C@@]21C. The van der Waals surface area contributed by atoms with Gasteiger partial charge in [0.25, 0.3) is 0 Å². The minimum absolute atomic E-state index is 0.0598. The fourth-order valence-electron chi connectivity index (χ4n) is 7.78. The van der Waals surface area contributed by atoms with Crippen molar-refractivity contribution in [2.45, 2.75) is 90.3 Å². The number of hydrogen-bond donors (Lipinski definition) is 2. The van der Waals surface area contributed by atoms with Gasteiger partial charge in [0.2, 0.25) is 0 Å². The summed E-state index contributed by atoms with van der Waals surface area (Å²) in [5.41, 5.74) is -0.350. The third-order valence-electron chi connectivity index (χ3n) is 9.41. The molecule has 24 heavy (non-hydrogen) atoms. The van der Waals surface area contributed by atoms with Crippen molar-refractivity contribution >= 4 is 5.78 Å². The Morgan fingerprint density at radius 2 is 1.79 bits per heavy atom. The molecule has 4 fully saturated rings. The number of ketones is 1. The van der Waals surface area contributed by atoms with Crippen LogP contribution in [0.1, 0.15) is 78.6 Å². The number of aliphatic hydroxyl groups is 2. The van der Waals surface area contributed by atoms with Gasteiger partial charge in [-0.05, 0) is 85.9 Å². The van der Waals surface area contributed by atoms with Crippen LogP contribution in [-0.2, 0) is 4.79 Å². The fraction of sp³-hybridized carbons (Fsp3) is 0.952. The molecule has 0 heterocycles. The Labute approximate surface area is 146 Å². The fourth-order valence-corrected chi connectivity index (χ4v) is 7.78. The summed E-state index contributed by atoms with van der Waals surface area (Å²) in [4.78, 5) is 12.3. The average Bonchev–Trinajstić information content (AvgIpc) is 2.81. The van der Waals surface area contributed by atoms with Crippen molar-refractivity contribution in [3.8, 4) is 0 Å². The highest BCUT2D eigenvalue weighted by molar-refractivity contribution is 5.84. The molecule has 4 saturated carbocycles. The Morgan fingerprint density at radius 1 is 1.08 bits per heavy atom. The molecule has 0 saturated heterocycles. The van der Waals surface area contributed by atoms with Gasteiger partial charge in [0.05, 0.1) is 5.60 Å². The van der Waals surface area contributed by atoms with Crippen LogP contribution in [0.3, 0.4) is 0 Å². The van der Waals surface area contributed by atoms with E-state index in [1.54, 1.807) is 0 Å². The van der Waals surface area contributed by atoms with Gasteiger partial charge in [-0.3, -0.25) is 4.79 Å². The van der Waals surface area contributed by atoms with Crippen molar-refractivity contribution < 1.29 is 15.0 Å². The van der Waals surface area contributed by atoms with Crippen LogP contribution in [-0.4, -0.2) is 27.7 Å². The molecule has 0 radical (unpaired) electrons. The van der Waals surface area contributed by atoms with E-state index in [-0.39, 0.29) is 16.6 Å². The highest BCUT2D eigenvalue weighted by atomic mass is 16.3. The molecule has 4 rings (SSSR count). The summed E-state index contributed by atoms with van der Waals surface area (Å²) in [5, 5.41) is 21.3. The first-order valence-electron chi connectivity index (χ1n) is 10.2. The normalized spacial score (nSPS) is 57.2. The summed E-state index contributed by atoms with van der Waals surface area (Å²) in [6, 6.07) is 0. The van der Waals surface area contributed by atoms with E-state index in [0.717, 1.165) is 38.5 Å². The molecule has 0 unspecified atom stereocenters. The lowest BCUT2D eigenvalue weighted by atomic mass is 9.44. The number of rotatable bonds is 1. The van der Waals surface area contributed by atoms with Crippen LogP contribution in [0, 0.1) is 34.5 Å². The zero-order valence-corrected chi connectivity index (χ0v) is 15.6. The second kappa shape index (κ2) is 5.30. The first-order valence-corrected chi connectivity index (χ1v) is 10.2. The summed E-state index contributed by atoms with van der Waals surface area (Å²) in [5.74, 6) is 2.45. The van der Waals surface area contributed by atoms with E-state index in [0.29, 0.717) is 36.5 Å².